The quantitative estimate of drug-likeness (QED) is 0.554. The summed E-state index contributed by atoms with van der Waals surface area (Å²) in [6.45, 7) is 1.41. The fraction of sp³-hybridized carbons (Fsp3) is 0.130. The Morgan fingerprint density at radius 3 is 2.17 bits per heavy atom. The zero-order valence-corrected chi connectivity index (χ0v) is 16.6. The van der Waals surface area contributed by atoms with Crippen molar-refractivity contribution in [1.29, 1.82) is 0 Å². The number of hydrogen-bond donors (Lipinski definition) is 2. The molecule has 3 aromatic carbocycles. The highest BCUT2D eigenvalue weighted by Gasteiger charge is 2.19. The van der Waals surface area contributed by atoms with Gasteiger partial charge in [0.05, 0.1) is 12.5 Å². The van der Waals surface area contributed by atoms with Gasteiger partial charge in [0.1, 0.15) is 11.5 Å². The lowest BCUT2D eigenvalue weighted by molar-refractivity contribution is -0.120. The zero-order chi connectivity index (χ0) is 20.6. The average Bonchev–Trinajstić information content (AvgIpc) is 2.70. The lowest BCUT2D eigenvalue weighted by atomic mass is 10.0. The van der Waals surface area contributed by atoms with Crippen molar-refractivity contribution < 1.29 is 14.3 Å². The number of carbonyl (C=O) groups excluding carboxylic acids is 2. The number of ether oxygens (including phenoxy) is 1. The molecule has 0 unspecified atom stereocenters. The first-order valence-corrected chi connectivity index (χ1v) is 9.53. The first-order chi connectivity index (χ1) is 14.0. The topological polar surface area (TPSA) is 67.4 Å². The number of nitrogens with one attached hydrogen (secondary N) is 2. The second-order valence-electron chi connectivity index (χ2n) is 6.47. The number of benzene rings is 3. The van der Waals surface area contributed by atoms with Crippen LogP contribution in [0.2, 0.25) is 5.02 Å². The molecule has 3 rings (SSSR count). The average molecular weight is 409 g/mol. The number of rotatable bonds is 7. The summed E-state index contributed by atoms with van der Waals surface area (Å²) in [6, 6.07) is 23.2. The Hall–Kier alpha value is -3.31. The largest absolute Gasteiger partial charge is 0.457 e. The smallest absolute Gasteiger partial charge is 0.226 e. The van der Waals surface area contributed by atoms with Crippen LogP contribution in [0.5, 0.6) is 11.5 Å². The van der Waals surface area contributed by atoms with E-state index in [4.69, 9.17) is 16.3 Å². The molecule has 29 heavy (non-hydrogen) atoms. The van der Waals surface area contributed by atoms with Crippen LogP contribution in [-0.2, 0) is 9.59 Å². The third-order valence-corrected chi connectivity index (χ3v) is 4.51. The Kier molecular flexibility index (Phi) is 6.87. The Labute approximate surface area is 174 Å². The van der Waals surface area contributed by atoms with Crippen molar-refractivity contribution in [1.82, 2.24) is 5.32 Å². The van der Waals surface area contributed by atoms with Crippen molar-refractivity contribution >= 4 is 29.1 Å². The molecule has 0 aliphatic carbocycles. The minimum Gasteiger partial charge on any atom is -0.457 e. The van der Waals surface area contributed by atoms with E-state index in [0.717, 1.165) is 5.75 Å². The van der Waals surface area contributed by atoms with E-state index in [9.17, 15) is 9.59 Å². The van der Waals surface area contributed by atoms with Gasteiger partial charge in [-0.1, -0.05) is 48.0 Å². The Morgan fingerprint density at radius 1 is 0.897 bits per heavy atom. The molecule has 0 aromatic heterocycles. The van der Waals surface area contributed by atoms with Gasteiger partial charge in [-0.15, -0.1) is 0 Å². The van der Waals surface area contributed by atoms with Crippen LogP contribution in [0.3, 0.4) is 0 Å². The summed E-state index contributed by atoms with van der Waals surface area (Å²) in [7, 11) is 0. The normalized spacial score (nSPS) is 11.4. The fourth-order valence-corrected chi connectivity index (χ4v) is 3.14. The summed E-state index contributed by atoms with van der Waals surface area (Å²) in [5.74, 6) is 0.939. The van der Waals surface area contributed by atoms with E-state index in [2.05, 4.69) is 10.6 Å². The van der Waals surface area contributed by atoms with Crippen molar-refractivity contribution in [2.75, 3.05) is 5.32 Å². The Bertz CT molecular complexity index is 975. The van der Waals surface area contributed by atoms with Gasteiger partial charge in [-0.3, -0.25) is 9.59 Å². The van der Waals surface area contributed by atoms with Gasteiger partial charge >= 0.3 is 0 Å². The number of halogens is 1. The summed E-state index contributed by atoms with van der Waals surface area (Å²) in [6.07, 6.45) is 0.0611. The number of carbonyl (C=O) groups is 2. The molecule has 2 N–H and O–H groups in total. The first-order valence-electron chi connectivity index (χ1n) is 9.15. The number of hydrogen-bond acceptors (Lipinski definition) is 3. The van der Waals surface area contributed by atoms with Gasteiger partial charge in [-0.2, -0.15) is 0 Å². The summed E-state index contributed by atoms with van der Waals surface area (Å²) < 4.78 is 5.74. The van der Waals surface area contributed by atoms with E-state index >= 15 is 0 Å². The molecule has 0 bridgehead atoms. The summed E-state index contributed by atoms with van der Waals surface area (Å²) >= 11 is 6.23. The second kappa shape index (κ2) is 9.75. The predicted octanol–water partition coefficient (Wildman–Crippen LogP) is 5.34. The van der Waals surface area contributed by atoms with Crippen molar-refractivity contribution in [3.63, 3.8) is 0 Å². The Balaban J connectivity index is 1.64. The minimum atomic E-state index is -0.512. The van der Waals surface area contributed by atoms with Gasteiger partial charge in [-0.25, -0.2) is 0 Å². The SMILES string of the molecule is CC(=O)N[C@@H](CC(=O)Nc1ccc(Oc2ccccc2)cc1)c1ccccc1Cl. The Morgan fingerprint density at radius 2 is 1.52 bits per heavy atom. The van der Waals surface area contributed by atoms with Crippen LogP contribution < -0.4 is 15.4 Å². The van der Waals surface area contributed by atoms with Crippen LogP contribution in [0.1, 0.15) is 24.9 Å². The molecule has 2 amide bonds. The molecule has 0 heterocycles. The molecule has 0 aliphatic rings. The van der Waals surface area contributed by atoms with Crippen LogP contribution >= 0.6 is 11.6 Å². The molecule has 0 spiro atoms. The molecule has 0 radical (unpaired) electrons. The molecule has 3 aromatic rings. The van der Waals surface area contributed by atoms with E-state index < -0.39 is 6.04 Å². The number of para-hydroxylation sites is 1. The highest BCUT2D eigenvalue weighted by Crippen LogP contribution is 2.26. The van der Waals surface area contributed by atoms with Crippen molar-refractivity contribution in [2.24, 2.45) is 0 Å². The third kappa shape index (κ3) is 6.09. The molecule has 1 atom stereocenters. The second-order valence-corrected chi connectivity index (χ2v) is 6.87. The van der Waals surface area contributed by atoms with Crippen LogP contribution in [0.4, 0.5) is 5.69 Å². The van der Waals surface area contributed by atoms with E-state index in [1.54, 1.807) is 42.5 Å². The predicted molar refractivity (Wildman–Crippen MR) is 114 cm³/mol. The maximum absolute atomic E-state index is 12.5. The number of amides is 2. The molecular formula is C23H21ClN2O3. The standard InChI is InChI=1S/C23H21ClN2O3/c1-16(27)25-22(20-9-5-6-10-21(20)24)15-23(28)26-17-11-13-19(14-12-17)29-18-7-3-2-4-8-18/h2-14,22H,15H2,1H3,(H,25,27)(H,26,28)/t22-/m0/s1. The number of anilines is 1. The minimum absolute atomic E-state index is 0.0611. The fourth-order valence-electron chi connectivity index (χ4n) is 2.87. The van der Waals surface area contributed by atoms with E-state index in [0.29, 0.717) is 22.0 Å². The van der Waals surface area contributed by atoms with E-state index in [1.165, 1.54) is 6.92 Å². The van der Waals surface area contributed by atoms with E-state index in [1.807, 2.05) is 36.4 Å². The molecule has 6 heteroatoms. The maximum Gasteiger partial charge on any atom is 0.226 e. The van der Waals surface area contributed by atoms with Crippen molar-refractivity contribution in [3.8, 4) is 11.5 Å². The molecule has 0 saturated heterocycles. The third-order valence-electron chi connectivity index (χ3n) is 4.16. The van der Waals surface area contributed by atoms with Crippen molar-refractivity contribution in [2.45, 2.75) is 19.4 Å². The van der Waals surface area contributed by atoms with Gasteiger partial charge in [-0.05, 0) is 48.0 Å². The lowest BCUT2D eigenvalue weighted by Gasteiger charge is -2.19. The van der Waals surface area contributed by atoms with E-state index in [-0.39, 0.29) is 18.2 Å². The van der Waals surface area contributed by atoms with Crippen molar-refractivity contribution in [3.05, 3.63) is 89.4 Å². The van der Waals surface area contributed by atoms with Gasteiger partial charge < -0.3 is 15.4 Å². The lowest BCUT2D eigenvalue weighted by Crippen LogP contribution is -2.30. The first kappa shape index (κ1) is 20.4. The zero-order valence-electron chi connectivity index (χ0n) is 15.9. The van der Waals surface area contributed by atoms with Gasteiger partial charge in [0.15, 0.2) is 0 Å². The van der Waals surface area contributed by atoms with Gasteiger partial charge in [0, 0.05) is 17.6 Å². The summed E-state index contributed by atoms with van der Waals surface area (Å²) in [5, 5.41) is 6.12. The molecule has 0 saturated carbocycles. The molecule has 5 nitrogen and oxygen atoms in total. The monoisotopic (exact) mass is 408 g/mol. The van der Waals surface area contributed by atoms with Crippen LogP contribution in [0, 0.1) is 0 Å². The molecule has 0 fully saturated rings. The highest BCUT2D eigenvalue weighted by atomic mass is 35.5. The molecular weight excluding hydrogens is 388 g/mol. The summed E-state index contributed by atoms with van der Waals surface area (Å²) in [5.41, 5.74) is 1.34. The molecule has 0 aliphatic heterocycles. The van der Waals surface area contributed by atoms with Crippen LogP contribution in [0.25, 0.3) is 0 Å². The molecule has 148 valence electrons. The van der Waals surface area contributed by atoms with Gasteiger partial charge in [0.2, 0.25) is 11.8 Å². The summed E-state index contributed by atoms with van der Waals surface area (Å²) in [4.78, 5) is 24.1. The van der Waals surface area contributed by atoms with Crippen LogP contribution in [0.15, 0.2) is 78.9 Å². The van der Waals surface area contributed by atoms with Gasteiger partial charge in [0.25, 0.3) is 0 Å². The van der Waals surface area contributed by atoms with Crippen LogP contribution in [-0.4, -0.2) is 11.8 Å². The highest BCUT2D eigenvalue weighted by molar-refractivity contribution is 6.31. The maximum atomic E-state index is 12.5.